The number of nitrogens with zero attached hydrogens (tertiary/aromatic N) is 3. The topological polar surface area (TPSA) is 85.5 Å². The van der Waals surface area contributed by atoms with E-state index in [9.17, 15) is 9.59 Å². The number of hydrogen-bond donors (Lipinski definition) is 0. The first-order valence-corrected chi connectivity index (χ1v) is 10.4. The van der Waals surface area contributed by atoms with Crippen LogP contribution in [0.3, 0.4) is 0 Å². The first kappa shape index (κ1) is 21.6. The molecule has 2 aromatic carbocycles. The number of thioether (sulfide) groups is 1. The highest BCUT2D eigenvalue weighted by atomic mass is 32.2. The van der Waals surface area contributed by atoms with Crippen molar-refractivity contribution in [2.24, 2.45) is 0 Å². The average molecular weight is 426 g/mol. The number of rotatable bonds is 8. The number of aromatic nitrogens is 2. The van der Waals surface area contributed by atoms with Gasteiger partial charge in [0.2, 0.25) is 11.8 Å². The fourth-order valence-corrected chi connectivity index (χ4v) is 3.64. The second-order valence-electron chi connectivity index (χ2n) is 6.73. The van der Waals surface area contributed by atoms with Crippen LogP contribution >= 0.6 is 11.8 Å². The molecule has 1 aromatic heterocycles. The number of carbonyl (C=O) groups is 2. The van der Waals surface area contributed by atoms with Crippen LogP contribution in [0.15, 0.2) is 64.2 Å². The minimum Gasteiger partial charge on any atom is -0.465 e. The van der Waals surface area contributed by atoms with Gasteiger partial charge in [0, 0.05) is 13.5 Å². The molecule has 1 amide bonds. The third kappa shape index (κ3) is 5.27. The van der Waals surface area contributed by atoms with Gasteiger partial charge in [0.05, 0.1) is 24.1 Å². The largest absolute Gasteiger partial charge is 0.465 e. The molecule has 8 heteroatoms. The van der Waals surface area contributed by atoms with Gasteiger partial charge in [-0.1, -0.05) is 61.2 Å². The van der Waals surface area contributed by atoms with Crippen molar-refractivity contribution in [1.29, 1.82) is 0 Å². The quantitative estimate of drug-likeness (QED) is 0.399. The summed E-state index contributed by atoms with van der Waals surface area (Å²) in [5.41, 5.74) is 2.01. The maximum atomic E-state index is 12.6. The summed E-state index contributed by atoms with van der Waals surface area (Å²) >= 11 is 1.17. The molecule has 0 aliphatic rings. The molecule has 3 rings (SSSR count). The van der Waals surface area contributed by atoms with Gasteiger partial charge in [-0.3, -0.25) is 4.79 Å². The molecule has 0 bridgehead atoms. The van der Waals surface area contributed by atoms with Crippen LogP contribution in [-0.2, 0) is 16.0 Å². The summed E-state index contributed by atoms with van der Waals surface area (Å²) in [4.78, 5) is 26.0. The Morgan fingerprint density at radius 3 is 2.53 bits per heavy atom. The summed E-state index contributed by atoms with van der Waals surface area (Å²) in [5.74, 6) is 0.181. The van der Waals surface area contributed by atoms with Crippen LogP contribution < -0.4 is 4.90 Å². The van der Waals surface area contributed by atoms with E-state index < -0.39 is 5.97 Å². The van der Waals surface area contributed by atoms with E-state index in [2.05, 4.69) is 29.3 Å². The van der Waals surface area contributed by atoms with Crippen molar-refractivity contribution >= 4 is 29.3 Å². The number of para-hydroxylation sites is 1. The molecule has 30 heavy (non-hydrogen) atoms. The Bertz CT molecular complexity index is 1010. The number of hydrogen-bond acceptors (Lipinski definition) is 7. The van der Waals surface area contributed by atoms with Gasteiger partial charge in [0.25, 0.3) is 5.22 Å². The Hall–Kier alpha value is -3.13. The van der Waals surface area contributed by atoms with Crippen molar-refractivity contribution in [3.63, 3.8) is 0 Å². The van der Waals surface area contributed by atoms with Crippen LogP contribution in [0.25, 0.3) is 0 Å². The fourth-order valence-electron chi connectivity index (χ4n) is 2.94. The Morgan fingerprint density at radius 2 is 1.80 bits per heavy atom. The highest BCUT2D eigenvalue weighted by Gasteiger charge is 2.20. The number of amides is 1. The van der Waals surface area contributed by atoms with Crippen molar-refractivity contribution in [3.05, 3.63) is 71.6 Å². The summed E-state index contributed by atoms with van der Waals surface area (Å²) in [6.07, 6.45) is 0.623. The second kappa shape index (κ2) is 10.1. The lowest BCUT2D eigenvalue weighted by molar-refractivity contribution is -0.115. The van der Waals surface area contributed by atoms with Gasteiger partial charge in [-0.25, -0.2) is 4.79 Å². The van der Waals surface area contributed by atoms with Crippen molar-refractivity contribution in [2.45, 2.75) is 24.5 Å². The minimum atomic E-state index is -0.494. The molecule has 1 unspecified atom stereocenters. The molecule has 7 nitrogen and oxygen atoms in total. The predicted molar refractivity (Wildman–Crippen MR) is 115 cm³/mol. The highest BCUT2D eigenvalue weighted by Crippen LogP contribution is 2.24. The fraction of sp³-hybridized carbons (Fsp3) is 0.273. The number of benzene rings is 2. The lowest BCUT2D eigenvalue weighted by Crippen LogP contribution is -2.29. The van der Waals surface area contributed by atoms with E-state index >= 15 is 0 Å². The van der Waals surface area contributed by atoms with Crippen molar-refractivity contribution in [3.8, 4) is 0 Å². The summed E-state index contributed by atoms with van der Waals surface area (Å²) in [6.45, 7) is 2.10. The van der Waals surface area contributed by atoms with Crippen molar-refractivity contribution < 1.29 is 18.7 Å². The maximum absolute atomic E-state index is 12.6. The molecule has 0 aliphatic heterocycles. The summed E-state index contributed by atoms with van der Waals surface area (Å²) < 4.78 is 10.5. The Balaban J connectivity index is 1.59. The van der Waals surface area contributed by atoms with Crippen molar-refractivity contribution in [1.82, 2.24) is 10.2 Å². The zero-order valence-corrected chi connectivity index (χ0v) is 17.9. The Labute approximate surface area is 179 Å². The van der Waals surface area contributed by atoms with Crippen LogP contribution in [0.2, 0.25) is 0 Å². The minimum absolute atomic E-state index is 0.0991. The standard InChI is InChI=1S/C22H23N3O4S/c1-15(16-9-5-4-6-10-16)13-19-23-24-22(29-19)30-14-20(26)25(2)18-12-8-7-11-17(18)21(27)28-3/h4-12,15H,13-14H2,1-3H3. The van der Waals surface area contributed by atoms with Gasteiger partial charge in [-0.15, -0.1) is 10.2 Å². The molecule has 156 valence electrons. The monoisotopic (exact) mass is 425 g/mol. The molecule has 1 heterocycles. The van der Waals surface area contributed by atoms with Crippen LogP contribution in [0.5, 0.6) is 0 Å². The number of ether oxygens (including phenoxy) is 1. The molecule has 0 saturated heterocycles. The van der Waals surface area contributed by atoms with Crippen LogP contribution in [0.1, 0.15) is 34.7 Å². The van der Waals surface area contributed by atoms with Gasteiger partial charge < -0.3 is 14.1 Å². The van der Waals surface area contributed by atoms with E-state index in [1.165, 1.54) is 29.3 Å². The van der Waals surface area contributed by atoms with E-state index in [4.69, 9.17) is 9.15 Å². The van der Waals surface area contributed by atoms with Gasteiger partial charge in [-0.05, 0) is 23.6 Å². The zero-order valence-electron chi connectivity index (χ0n) is 17.1. The van der Waals surface area contributed by atoms with Crippen LogP contribution in [0.4, 0.5) is 5.69 Å². The number of esters is 1. The lowest BCUT2D eigenvalue weighted by atomic mass is 9.98. The smallest absolute Gasteiger partial charge is 0.339 e. The SMILES string of the molecule is COC(=O)c1ccccc1N(C)C(=O)CSc1nnc(CC(C)c2ccccc2)o1. The normalized spacial score (nSPS) is 11.7. The Morgan fingerprint density at radius 1 is 1.10 bits per heavy atom. The van der Waals surface area contributed by atoms with Crippen molar-refractivity contribution in [2.75, 3.05) is 24.8 Å². The maximum Gasteiger partial charge on any atom is 0.339 e. The first-order valence-electron chi connectivity index (χ1n) is 9.43. The number of methoxy groups -OCH3 is 1. The third-order valence-electron chi connectivity index (χ3n) is 4.66. The van der Waals surface area contributed by atoms with Crippen LogP contribution in [-0.4, -0.2) is 42.0 Å². The molecule has 0 aliphatic carbocycles. The second-order valence-corrected chi connectivity index (χ2v) is 7.65. The first-order chi connectivity index (χ1) is 14.5. The predicted octanol–water partition coefficient (Wildman–Crippen LogP) is 3.96. The summed E-state index contributed by atoms with van der Waals surface area (Å²) in [5, 5.41) is 8.46. The molecule has 3 aromatic rings. The van der Waals surface area contributed by atoms with E-state index in [1.54, 1.807) is 31.3 Å². The third-order valence-corrected chi connectivity index (χ3v) is 5.46. The molecule has 0 N–H and O–H groups in total. The number of carbonyl (C=O) groups excluding carboxylic acids is 2. The lowest BCUT2D eigenvalue weighted by Gasteiger charge is -2.19. The van der Waals surface area contributed by atoms with Gasteiger partial charge in [-0.2, -0.15) is 0 Å². The molecular weight excluding hydrogens is 402 g/mol. The molecule has 0 fully saturated rings. The zero-order chi connectivity index (χ0) is 21.5. The van der Waals surface area contributed by atoms with E-state index in [1.807, 2.05) is 18.2 Å². The van der Waals surface area contributed by atoms with E-state index in [0.717, 1.165) is 0 Å². The molecule has 0 radical (unpaired) electrons. The highest BCUT2D eigenvalue weighted by molar-refractivity contribution is 7.99. The summed E-state index contributed by atoms with van der Waals surface area (Å²) in [7, 11) is 2.92. The molecule has 1 atom stereocenters. The molecule has 0 saturated carbocycles. The number of anilines is 1. The van der Waals surface area contributed by atoms with Gasteiger partial charge in [0.15, 0.2) is 0 Å². The summed E-state index contributed by atoms with van der Waals surface area (Å²) in [6, 6.07) is 16.9. The van der Waals surface area contributed by atoms with E-state index in [-0.39, 0.29) is 17.6 Å². The van der Waals surface area contributed by atoms with Gasteiger partial charge in [0.1, 0.15) is 0 Å². The molecular formula is C22H23N3O4S. The van der Waals surface area contributed by atoms with Gasteiger partial charge >= 0.3 is 5.97 Å². The van der Waals surface area contributed by atoms with Crippen LogP contribution in [0, 0.1) is 0 Å². The Kier molecular flexibility index (Phi) is 7.24. The molecule has 0 spiro atoms. The van der Waals surface area contributed by atoms with E-state index in [0.29, 0.717) is 28.8 Å². The average Bonchev–Trinajstić information content (AvgIpc) is 3.24.